The molecule has 0 heteroatoms. The van der Waals surface area contributed by atoms with Gasteiger partial charge >= 0.3 is 0 Å². The van der Waals surface area contributed by atoms with Gasteiger partial charge in [-0.05, 0) is 49.4 Å². The zero-order valence-corrected chi connectivity index (χ0v) is 13.7. The molecule has 0 N–H and O–H groups in total. The van der Waals surface area contributed by atoms with Gasteiger partial charge in [0.25, 0.3) is 0 Å². The Hall–Kier alpha value is -0.520. The molecule has 18 heavy (non-hydrogen) atoms. The van der Waals surface area contributed by atoms with Gasteiger partial charge < -0.3 is 0 Å². The molecule has 0 bridgehead atoms. The molecule has 3 unspecified atom stereocenters. The van der Waals surface area contributed by atoms with E-state index >= 15 is 0 Å². The Morgan fingerprint density at radius 2 is 1.50 bits per heavy atom. The fourth-order valence-corrected chi connectivity index (χ4v) is 3.50. The first kappa shape index (κ1) is 17.5. The molecular weight excluding hydrogens is 216 g/mol. The van der Waals surface area contributed by atoms with Gasteiger partial charge in [-0.15, -0.1) is 0 Å². The fourth-order valence-electron chi connectivity index (χ4n) is 3.50. The highest BCUT2D eigenvalue weighted by Gasteiger charge is 2.28. The molecule has 0 rings (SSSR count). The van der Waals surface area contributed by atoms with E-state index < -0.39 is 0 Å². The van der Waals surface area contributed by atoms with Crippen LogP contribution in [-0.2, 0) is 0 Å². The quantitative estimate of drug-likeness (QED) is 0.457. The first-order chi connectivity index (χ1) is 8.22. The van der Waals surface area contributed by atoms with Crippen LogP contribution in [0.2, 0.25) is 0 Å². The molecule has 0 saturated carbocycles. The van der Waals surface area contributed by atoms with Crippen molar-refractivity contribution in [2.75, 3.05) is 0 Å². The lowest BCUT2D eigenvalue weighted by Gasteiger charge is -2.34. The number of allylic oxidation sites excluding steroid dienone is 2. The first-order valence-electron chi connectivity index (χ1n) is 7.56. The summed E-state index contributed by atoms with van der Waals surface area (Å²) in [6.07, 6.45) is 2.42. The third-order valence-electron chi connectivity index (χ3n) is 4.05. The minimum absolute atomic E-state index is 0.493. The Bertz CT molecular complexity index is 270. The maximum Gasteiger partial charge on any atom is -0.0000867 e. The summed E-state index contributed by atoms with van der Waals surface area (Å²) in [6.45, 7) is 24.6. The van der Waals surface area contributed by atoms with Crippen LogP contribution in [0.4, 0.5) is 0 Å². The van der Waals surface area contributed by atoms with Crippen LogP contribution in [0.25, 0.3) is 0 Å². The van der Waals surface area contributed by atoms with Crippen molar-refractivity contribution in [3.63, 3.8) is 0 Å². The van der Waals surface area contributed by atoms with Crippen molar-refractivity contribution in [3.05, 3.63) is 24.3 Å². The molecule has 0 heterocycles. The van der Waals surface area contributed by atoms with Gasteiger partial charge in [0.1, 0.15) is 0 Å². The van der Waals surface area contributed by atoms with Gasteiger partial charge in [-0.3, -0.25) is 0 Å². The Morgan fingerprint density at radius 1 is 1.00 bits per heavy atom. The molecule has 0 radical (unpaired) electrons. The lowest BCUT2D eigenvalue weighted by Crippen LogP contribution is -2.25. The molecule has 0 amide bonds. The summed E-state index contributed by atoms with van der Waals surface area (Å²) in [6, 6.07) is 0. The topological polar surface area (TPSA) is 0 Å². The van der Waals surface area contributed by atoms with E-state index in [4.69, 9.17) is 0 Å². The van der Waals surface area contributed by atoms with Crippen LogP contribution in [0.3, 0.4) is 0 Å². The summed E-state index contributed by atoms with van der Waals surface area (Å²) in [7, 11) is 0. The molecule has 0 aromatic heterocycles. The van der Waals surface area contributed by atoms with Crippen molar-refractivity contribution < 1.29 is 0 Å². The summed E-state index contributed by atoms with van der Waals surface area (Å²) in [5.74, 6) is 3.26. The number of hydrogen-bond acceptors (Lipinski definition) is 0. The number of hydrogen-bond donors (Lipinski definition) is 0. The highest BCUT2D eigenvalue weighted by molar-refractivity contribution is 5.18. The average Bonchev–Trinajstić information content (AvgIpc) is 2.15. The van der Waals surface area contributed by atoms with Crippen molar-refractivity contribution in [3.8, 4) is 0 Å². The van der Waals surface area contributed by atoms with E-state index in [1.165, 1.54) is 17.6 Å². The largest absolute Gasteiger partial charge is 0.0995 e. The molecule has 0 aromatic carbocycles. The Kier molecular flexibility index (Phi) is 7.59. The maximum atomic E-state index is 4.44. The lowest BCUT2D eigenvalue weighted by molar-refractivity contribution is 0.261. The zero-order valence-electron chi connectivity index (χ0n) is 13.7. The third-order valence-corrected chi connectivity index (χ3v) is 4.05. The van der Waals surface area contributed by atoms with Gasteiger partial charge in [0.2, 0.25) is 0 Å². The Balaban J connectivity index is 4.99. The fraction of sp³-hybridized carbons (Fsp3) is 0.778. The van der Waals surface area contributed by atoms with Crippen molar-refractivity contribution in [2.45, 2.75) is 61.3 Å². The van der Waals surface area contributed by atoms with E-state index in [2.05, 4.69) is 61.6 Å². The van der Waals surface area contributed by atoms with Gasteiger partial charge in [-0.2, -0.15) is 0 Å². The van der Waals surface area contributed by atoms with E-state index in [9.17, 15) is 0 Å². The minimum Gasteiger partial charge on any atom is -0.0995 e. The molecule has 0 saturated heterocycles. The summed E-state index contributed by atoms with van der Waals surface area (Å²) >= 11 is 0. The Labute approximate surface area is 116 Å². The molecule has 106 valence electrons. The summed E-state index contributed by atoms with van der Waals surface area (Å²) in [5.41, 5.74) is 2.68. The molecule has 0 spiro atoms. The van der Waals surface area contributed by atoms with Crippen LogP contribution in [0.15, 0.2) is 24.3 Å². The SMILES string of the molecule is C=C(C)C(CC)C(=C)C(C(C)C)C(C)CC(C)C. The summed E-state index contributed by atoms with van der Waals surface area (Å²) in [5, 5.41) is 0. The van der Waals surface area contributed by atoms with E-state index in [0.29, 0.717) is 23.7 Å². The lowest BCUT2D eigenvalue weighted by atomic mass is 9.71. The van der Waals surface area contributed by atoms with E-state index in [1.54, 1.807) is 0 Å². The average molecular weight is 250 g/mol. The second-order valence-electron chi connectivity index (χ2n) is 6.76. The normalized spacial score (nSPS) is 16.7. The molecular formula is C18H34. The van der Waals surface area contributed by atoms with Crippen LogP contribution in [0.1, 0.15) is 61.3 Å². The first-order valence-corrected chi connectivity index (χ1v) is 7.56. The van der Waals surface area contributed by atoms with E-state index in [0.717, 1.165) is 12.3 Å². The minimum atomic E-state index is 0.493. The van der Waals surface area contributed by atoms with Gasteiger partial charge in [-0.1, -0.05) is 65.8 Å². The molecule has 0 nitrogen and oxygen atoms in total. The molecule has 3 atom stereocenters. The van der Waals surface area contributed by atoms with Gasteiger partial charge in [-0.25, -0.2) is 0 Å². The highest BCUT2D eigenvalue weighted by atomic mass is 14.3. The van der Waals surface area contributed by atoms with E-state index in [1.807, 2.05) is 0 Å². The van der Waals surface area contributed by atoms with Gasteiger partial charge in [0.15, 0.2) is 0 Å². The summed E-state index contributed by atoms with van der Waals surface area (Å²) < 4.78 is 0. The van der Waals surface area contributed by atoms with Crippen LogP contribution in [0, 0.1) is 29.6 Å². The van der Waals surface area contributed by atoms with Crippen LogP contribution >= 0.6 is 0 Å². The number of rotatable bonds is 8. The van der Waals surface area contributed by atoms with Crippen molar-refractivity contribution in [2.24, 2.45) is 29.6 Å². The van der Waals surface area contributed by atoms with E-state index in [-0.39, 0.29) is 0 Å². The molecule has 0 aliphatic carbocycles. The van der Waals surface area contributed by atoms with Crippen LogP contribution in [0.5, 0.6) is 0 Å². The Morgan fingerprint density at radius 3 is 1.78 bits per heavy atom. The van der Waals surface area contributed by atoms with Crippen molar-refractivity contribution >= 4 is 0 Å². The highest BCUT2D eigenvalue weighted by Crippen LogP contribution is 2.38. The molecule has 0 aliphatic heterocycles. The second kappa shape index (κ2) is 7.81. The molecule has 0 fully saturated rings. The predicted octanol–water partition coefficient (Wildman–Crippen LogP) is 6.10. The predicted molar refractivity (Wildman–Crippen MR) is 84.7 cm³/mol. The van der Waals surface area contributed by atoms with Crippen molar-refractivity contribution in [1.82, 2.24) is 0 Å². The van der Waals surface area contributed by atoms with Crippen LogP contribution < -0.4 is 0 Å². The molecule has 0 aromatic rings. The third kappa shape index (κ3) is 5.00. The smallest absolute Gasteiger partial charge is 0.0000867 e. The van der Waals surface area contributed by atoms with Gasteiger partial charge in [0.05, 0.1) is 0 Å². The standard InChI is InChI=1S/C18H34/c1-10-17(13(4)5)16(9)18(14(6)7)15(8)11-12(2)3/h12,14-15,17-18H,4,9-11H2,1-3,5-8H3. The zero-order chi connectivity index (χ0) is 14.5. The van der Waals surface area contributed by atoms with Gasteiger partial charge in [0, 0.05) is 0 Å². The van der Waals surface area contributed by atoms with Crippen molar-refractivity contribution in [1.29, 1.82) is 0 Å². The molecule has 0 aliphatic rings. The monoisotopic (exact) mass is 250 g/mol. The van der Waals surface area contributed by atoms with Crippen LogP contribution in [-0.4, -0.2) is 0 Å². The second-order valence-corrected chi connectivity index (χ2v) is 6.76. The summed E-state index contributed by atoms with van der Waals surface area (Å²) in [4.78, 5) is 0. The maximum absolute atomic E-state index is 4.44.